The highest BCUT2D eigenvalue weighted by Crippen LogP contribution is 2.57. The van der Waals surface area contributed by atoms with Crippen LogP contribution in [0, 0.1) is 6.92 Å². The lowest BCUT2D eigenvalue weighted by atomic mass is 9.76. The summed E-state index contributed by atoms with van der Waals surface area (Å²) in [6.07, 6.45) is 17.6. The van der Waals surface area contributed by atoms with E-state index in [4.69, 9.17) is 110 Å². The third-order valence-electron chi connectivity index (χ3n) is 32.3. The average molecular weight is 2020 g/mol. The van der Waals surface area contributed by atoms with Gasteiger partial charge in [-0.05, 0) is 317 Å². The van der Waals surface area contributed by atoms with Gasteiger partial charge in [-0.1, -0.05) is 239 Å². The first-order valence-electron chi connectivity index (χ1n) is 48.9. The van der Waals surface area contributed by atoms with Crippen LogP contribution >= 0.6 is 73.9 Å². The Balaban J connectivity index is 0.000000103. The van der Waals surface area contributed by atoms with Crippen molar-refractivity contribution in [2.24, 2.45) is 0 Å². The van der Waals surface area contributed by atoms with E-state index in [1.807, 2.05) is 182 Å². The molecule has 0 saturated carbocycles. The fraction of sp³-hybridized carbons (Fsp3) is 0.375. The number of nitrogens with zero attached hydrogens (tertiary/aromatic N) is 15. The van der Waals surface area contributed by atoms with E-state index >= 15 is 0 Å². The Bertz CT molecular complexity index is 6310. The van der Waals surface area contributed by atoms with Gasteiger partial charge in [0.2, 0.25) is 58.6 Å². The topological polar surface area (TPSA) is 220 Å². The van der Waals surface area contributed by atoms with Gasteiger partial charge in [-0.15, -0.1) is 0 Å². The fourth-order valence-corrected chi connectivity index (χ4v) is 25.8. The minimum absolute atomic E-state index is 0.179. The van der Waals surface area contributed by atoms with E-state index in [1.165, 1.54) is 84.7 Å². The number of rotatable bonds is 16. The Morgan fingerprint density at radius 3 is 0.712 bits per heavy atom. The molecular formula is C112H113BrCl5N15O6. The molecule has 0 spiro atoms. The van der Waals surface area contributed by atoms with Crippen molar-refractivity contribution in [1.82, 2.24) is 75.2 Å². The number of halogens is 6. The molecule has 10 aliphatic rings. The standard InChI is InChI=1S/C23H24ClN3O2.C23H25N3O.C22H21BrClN3O.C22H21Cl2N3O.C22H22ClN3O/c1-27-17-9-12-20(27)21(19(13-17)14-3-7-16(24)8-4-14)23-25-22(26-29-23)15-5-10-18(28-2)11-6-15;1-15-8-10-16(11-9-15)19-14-18-12-13-20(26(18)2)21(19)23-24-22(25-27-23)17-6-4-3-5-7-17;1-27-17-10-11-19(27)20(18(12-17)13-4-8-16(24)9-5-13)22-25-21(26-28-22)14-2-6-15(23)7-3-14;1-27-17-10-11-19(27)20(18(12-17)13-2-6-15(23)7-3-13)22-25-21(26-28-22)14-4-8-16(24)9-5-14;1-26-17-11-12-19(26)20(18(13-17)14-7-9-16(23)10-8-14)22-24-21(25-27-22)15-5-3-2-4-6-15/h3-8,10-11,17,19-21H,9,12-13H2,1-2H3;3-11,18-21H,12-14H2,1-2H3;2*2-9,17-20H,10-12H2,1H3;2-10,17-20H,11-13H2,1H3/t;18?,19?,20?,21-;;;/m.0.../s1. The summed E-state index contributed by atoms with van der Waals surface area (Å²) in [5.41, 5.74) is 12.7. The van der Waals surface area contributed by atoms with Crippen LogP contribution in [0.2, 0.25) is 25.1 Å². The molecule has 139 heavy (non-hydrogen) atoms. The lowest BCUT2D eigenvalue weighted by Crippen LogP contribution is -2.44. The number of methoxy groups -OCH3 is 1. The predicted molar refractivity (Wildman–Crippen MR) is 548 cm³/mol. The van der Waals surface area contributed by atoms with Crippen molar-refractivity contribution in [3.63, 3.8) is 0 Å². The Hall–Kier alpha value is -10.6. The Labute approximate surface area is 845 Å². The van der Waals surface area contributed by atoms with Gasteiger partial charge >= 0.3 is 0 Å². The van der Waals surface area contributed by atoms with Gasteiger partial charge in [0.25, 0.3) is 0 Å². The van der Waals surface area contributed by atoms with Crippen LogP contribution in [0.1, 0.15) is 218 Å². The number of piperidine rings is 5. The average Bonchev–Trinajstić information content (AvgIpc) is 1.63. The normalized spacial score (nSPS) is 27.3. The molecule has 10 saturated heterocycles. The molecular weight excluding hydrogens is 1910 g/mol. The van der Waals surface area contributed by atoms with E-state index < -0.39 is 0 Å². The van der Waals surface area contributed by atoms with Crippen LogP contribution in [0.25, 0.3) is 56.9 Å². The molecule has 714 valence electrons. The third kappa shape index (κ3) is 19.9. The van der Waals surface area contributed by atoms with Gasteiger partial charge in [0.15, 0.2) is 0 Å². The van der Waals surface area contributed by atoms with Crippen molar-refractivity contribution >= 4 is 73.9 Å². The lowest BCUT2D eigenvalue weighted by molar-refractivity contribution is 0.119. The maximum Gasteiger partial charge on any atom is 0.232 e. The summed E-state index contributed by atoms with van der Waals surface area (Å²) in [6, 6.07) is 90.7. The summed E-state index contributed by atoms with van der Waals surface area (Å²) < 4.78 is 35.4. The second-order valence-corrected chi connectivity index (χ2v) is 42.6. The molecule has 0 N–H and O–H groups in total. The Morgan fingerprint density at radius 2 is 0.475 bits per heavy atom. The Kier molecular flexibility index (Phi) is 28.3. The summed E-state index contributed by atoms with van der Waals surface area (Å²) in [4.78, 5) is 36.7. The zero-order chi connectivity index (χ0) is 95.2. The second-order valence-electron chi connectivity index (χ2n) is 39.5. The van der Waals surface area contributed by atoms with Crippen molar-refractivity contribution < 1.29 is 27.4 Å². The SMILES string of the molecule is CN1C2CCC1C(c1nc(-c3ccc(Br)cc3)no1)C(c1ccc(Cl)cc1)C2.CN1C2CCC1C(c1nc(-c3ccc(Cl)cc3)no1)C(c1ccc(Cl)cc1)C2.CN1C2CCC1C(c1nc(-c3ccccc3)no1)C(c1ccc(Cl)cc1)C2.COc1ccc(-c2noc(C3C(c4ccc(Cl)cc4)CC4CCC3N4C)n2)cc1.Cc1ccc(C2CC3CCC([C@H]2c2nc(-c4ccccc4)no2)N3C)cc1. The van der Waals surface area contributed by atoms with Gasteiger partial charge in [-0.25, -0.2) is 0 Å². The number of fused-ring (bicyclic) bond motifs is 10. The summed E-state index contributed by atoms with van der Waals surface area (Å²) in [5, 5.41) is 25.2. The first-order valence-corrected chi connectivity index (χ1v) is 51.6. The maximum absolute atomic E-state index is 6.13. The molecule has 10 fully saturated rings. The van der Waals surface area contributed by atoms with E-state index in [9.17, 15) is 0 Å². The smallest absolute Gasteiger partial charge is 0.232 e. The molecule has 0 radical (unpaired) electrons. The number of hydrogen-bond donors (Lipinski definition) is 0. The van der Waals surface area contributed by atoms with Gasteiger partial charge in [0.05, 0.1) is 36.7 Å². The van der Waals surface area contributed by atoms with Crippen molar-refractivity contribution in [1.29, 1.82) is 0 Å². The number of likely N-dealkylation sites (N-methyl/N-ethyl adjacent to an activating group) is 5. The van der Waals surface area contributed by atoms with E-state index in [2.05, 4.69) is 181 Å². The van der Waals surface area contributed by atoms with Crippen LogP contribution in [-0.4, -0.2) is 178 Å². The largest absolute Gasteiger partial charge is 0.497 e. The number of hydrogen-bond acceptors (Lipinski definition) is 21. The van der Waals surface area contributed by atoms with Crippen LogP contribution in [0.3, 0.4) is 0 Å². The van der Waals surface area contributed by atoms with Crippen molar-refractivity contribution in [3.8, 4) is 62.7 Å². The molecule has 10 aromatic carbocycles. The molecule has 10 aliphatic heterocycles. The highest BCUT2D eigenvalue weighted by molar-refractivity contribution is 9.10. The molecule has 15 heterocycles. The van der Waals surface area contributed by atoms with Gasteiger partial charge < -0.3 is 27.4 Å². The van der Waals surface area contributed by atoms with Crippen LogP contribution in [0.15, 0.2) is 282 Å². The molecule has 21 nitrogen and oxygen atoms in total. The molecule has 5 aromatic heterocycles. The highest BCUT2D eigenvalue weighted by atomic mass is 79.9. The number of aromatic nitrogens is 10. The van der Waals surface area contributed by atoms with E-state index in [-0.39, 0.29) is 29.6 Å². The quantitative estimate of drug-likeness (QED) is 0.0877. The van der Waals surface area contributed by atoms with E-state index in [0.717, 1.165) is 133 Å². The highest BCUT2D eigenvalue weighted by Gasteiger charge is 2.55. The number of aryl methyl sites for hydroxylation is 1. The zero-order valence-corrected chi connectivity index (χ0v) is 84.2. The Morgan fingerprint density at radius 1 is 0.266 bits per heavy atom. The van der Waals surface area contributed by atoms with Crippen LogP contribution in [0.4, 0.5) is 0 Å². The minimum Gasteiger partial charge on any atom is -0.497 e. The van der Waals surface area contributed by atoms with Gasteiger partial charge in [0, 0.05) is 118 Å². The van der Waals surface area contributed by atoms with Crippen LogP contribution in [-0.2, 0) is 0 Å². The molecule has 15 aromatic rings. The summed E-state index contributed by atoms with van der Waals surface area (Å²) in [5.74, 6) is 10.7. The van der Waals surface area contributed by atoms with Gasteiger partial charge in [-0.3, -0.25) is 24.5 Å². The molecule has 27 heteroatoms. The molecule has 0 aliphatic carbocycles. The number of ether oxygens (including phenoxy) is 1. The molecule has 10 bridgehead atoms. The first-order chi connectivity index (χ1) is 67.7. The predicted octanol–water partition coefficient (Wildman–Crippen LogP) is 26.7. The summed E-state index contributed by atoms with van der Waals surface area (Å²) >= 11 is 34.0. The van der Waals surface area contributed by atoms with E-state index in [0.29, 0.717) is 124 Å². The second kappa shape index (κ2) is 41.5. The van der Waals surface area contributed by atoms with Crippen molar-refractivity contribution in [2.75, 3.05) is 42.3 Å². The fourth-order valence-electron chi connectivity index (χ4n) is 24.9. The minimum atomic E-state index is 0.179. The summed E-state index contributed by atoms with van der Waals surface area (Å²) in [6.45, 7) is 2.14. The van der Waals surface area contributed by atoms with Crippen LogP contribution < -0.4 is 4.74 Å². The lowest BCUT2D eigenvalue weighted by Gasteiger charge is -2.41. The summed E-state index contributed by atoms with van der Waals surface area (Å²) in [7, 11) is 12.8. The monoisotopic (exact) mass is 2020 g/mol. The van der Waals surface area contributed by atoms with Gasteiger partial charge in [0.1, 0.15) is 5.75 Å². The molecule has 19 unspecified atom stereocenters. The molecule has 0 amide bonds. The third-order valence-corrected chi connectivity index (χ3v) is 34.1. The molecule has 25 rings (SSSR count). The van der Waals surface area contributed by atoms with Crippen molar-refractivity contribution in [2.45, 2.75) is 223 Å². The number of benzene rings is 10. The van der Waals surface area contributed by atoms with Crippen LogP contribution in [0.5, 0.6) is 5.75 Å². The van der Waals surface area contributed by atoms with Gasteiger partial charge in [-0.2, -0.15) is 24.9 Å². The maximum atomic E-state index is 6.13. The van der Waals surface area contributed by atoms with Crippen molar-refractivity contribution in [3.05, 3.63) is 347 Å². The molecule has 20 atom stereocenters. The van der Waals surface area contributed by atoms with E-state index in [1.54, 1.807) is 7.11 Å². The zero-order valence-electron chi connectivity index (χ0n) is 78.8. The first kappa shape index (κ1) is 94.7.